The van der Waals surface area contributed by atoms with Crippen LogP contribution in [0.2, 0.25) is 5.02 Å². The first kappa shape index (κ1) is 24.6. The highest BCUT2D eigenvalue weighted by Crippen LogP contribution is 2.28. The molecule has 0 saturated heterocycles. The molecule has 0 spiro atoms. The molecule has 0 aliphatic heterocycles. The highest BCUT2D eigenvalue weighted by atomic mass is 79.9. The average molecular weight is 572 g/mol. The number of nitro benzene ring substituents is 1. The average Bonchev–Trinajstić information content (AvgIpc) is 3.28. The lowest BCUT2D eigenvalue weighted by atomic mass is 10.2. The summed E-state index contributed by atoms with van der Waals surface area (Å²) in [7, 11) is 0. The Morgan fingerprint density at radius 1 is 1.14 bits per heavy atom. The monoisotopic (exact) mass is 570 g/mol. The third-order valence-corrected chi connectivity index (χ3v) is 6.43. The van der Waals surface area contributed by atoms with Gasteiger partial charge in [0.15, 0.2) is 11.0 Å². The topological polar surface area (TPSA) is 115 Å². The van der Waals surface area contributed by atoms with Gasteiger partial charge in [0.25, 0.3) is 11.6 Å². The number of hydrogen-bond donors (Lipinski definition) is 1. The van der Waals surface area contributed by atoms with Crippen molar-refractivity contribution in [3.63, 3.8) is 0 Å². The zero-order chi connectivity index (χ0) is 24.8. The fraction of sp³-hybridized carbons (Fsp3) is 0.0435. The van der Waals surface area contributed by atoms with Crippen LogP contribution in [-0.4, -0.2) is 37.6 Å². The Balaban J connectivity index is 1.48. The third-order valence-electron chi connectivity index (χ3n) is 4.65. The molecule has 0 unspecified atom stereocenters. The van der Waals surface area contributed by atoms with E-state index in [0.29, 0.717) is 16.5 Å². The lowest BCUT2D eigenvalue weighted by molar-refractivity contribution is -0.384. The van der Waals surface area contributed by atoms with Crippen LogP contribution in [0.5, 0.6) is 0 Å². The van der Waals surface area contributed by atoms with Gasteiger partial charge in [-0.25, -0.2) is 5.43 Å². The molecule has 12 heteroatoms. The number of nitrogens with one attached hydrogen (secondary N) is 1. The van der Waals surface area contributed by atoms with Crippen LogP contribution in [0.15, 0.2) is 87.5 Å². The van der Waals surface area contributed by atoms with Gasteiger partial charge >= 0.3 is 0 Å². The molecule has 0 aliphatic rings. The van der Waals surface area contributed by atoms with E-state index in [0.717, 1.165) is 15.7 Å². The molecule has 0 saturated carbocycles. The summed E-state index contributed by atoms with van der Waals surface area (Å²) >= 11 is 10.5. The Labute approximate surface area is 217 Å². The van der Waals surface area contributed by atoms with Crippen molar-refractivity contribution in [2.24, 2.45) is 5.10 Å². The van der Waals surface area contributed by atoms with Gasteiger partial charge in [-0.3, -0.25) is 19.5 Å². The summed E-state index contributed by atoms with van der Waals surface area (Å²) in [4.78, 5) is 22.8. The number of carbonyl (C=O) groups excluding carboxylic acids is 1. The van der Waals surface area contributed by atoms with Gasteiger partial charge in [0.2, 0.25) is 0 Å². The van der Waals surface area contributed by atoms with Crippen LogP contribution in [0.25, 0.3) is 17.1 Å². The molecule has 0 atom stereocenters. The van der Waals surface area contributed by atoms with Gasteiger partial charge in [0.05, 0.1) is 16.9 Å². The molecule has 1 amide bonds. The SMILES string of the molecule is O=C(CSc1nnc(-c2ccccc2)n1-c1ccc(Br)cc1)N/N=C\c1ccc(Cl)c([N+](=O)[O-])c1. The quantitative estimate of drug-likeness (QED) is 0.129. The van der Waals surface area contributed by atoms with E-state index in [1.54, 1.807) is 6.07 Å². The molecule has 0 aliphatic carbocycles. The predicted octanol–water partition coefficient (Wildman–Crippen LogP) is 5.50. The number of benzene rings is 3. The largest absolute Gasteiger partial charge is 0.288 e. The first-order valence-electron chi connectivity index (χ1n) is 10.1. The van der Waals surface area contributed by atoms with Crippen LogP contribution < -0.4 is 5.43 Å². The van der Waals surface area contributed by atoms with E-state index in [2.05, 4.69) is 36.7 Å². The van der Waals surface area contributed by atoms with Crippen molar-refractivity contribution >= 4 is 57.1 Å². The van der Waals surface area contributed by atoms with Crippen molar-refractivity contribution in [2.75, 3.05) is 5.75 Å². The molecule has 1 aromatic heterocycles. The van der Waals surface area contributed by atoms with Crippen molar-refractivity contribution in [1.29, 1.82) is 0 Å². The fourth-order valence-electron chi connectivity index (χ4n) is 3.05. The Morgan fingerprint density at radius 2 is 1.89 bits per heavy atom. The van der Waals surface area contributed by atoms with E-state index in [1.807, 2.05) is 59.2 Å². The standard InChI is InChI=1S/C23H16BrClN6O3S/c24-17-7-9-18(10-8-17)30-22(16-4-2-1-3-5-16)28-29-23(30)35-14-21(32)27-26-13-15-6-11-19(25)20(12-15)31(33)34/h1-13H,14H2,(H,27,32)/b26-13-. The molecular formula is C23H16BrClN6O3S. The summed E-state index contributed by atoms with van der Waals surface area (Å²) in [6, 6.07) is 21.6. The number of rotatable bonds is 8. The zero-order valence-electron chi connectivity index (χ0n) is 17.8. The van der Waals surface area contributed by atoms with E-state index in [1.165, 1.54) is 30.1 Å². The van der Waals surface area contributed by atoms with Crippen LogP contribution >= 0.6 is 39.3 Å². The van der Waals surface area contributed by atoms with Gasteiger partial charge in [-0.05, 0) is 30.3 Å². The second-order valence-electron chi connectivity index (χ2n) is 7.03. The third kappa shape index (κ3) is 6.13. The second-order valence-corrected chi connectivity index (χ2v) is 9.30. The summed E-state index contributed by atoms with van der Waals surface area (Å²) in [6.07, 6.45) is 1.31. The molecule has 9 nitrogen and oxygen atoms in total. The highest BCUT2D eigenvalue weighted by molar-refractivity contribution is 9.10. The summed E-state index contributed by atoms with van der Waals surface area (Å²) in [5, 5.41) is 24.1. The molecule has 176 valence electrons. The van der Waals surface area contributed by atoms with E-state index in [-0.39, 0.29) is 22.4 Å². The van der Waals surface area contributed by atoms with Gasteiger partial charge in [-0.2, -0.15) is 5.10 Å². The van der Waals surface area contributed by atoms with Crippen molar-refractivity contribution < 1.29 is 9.72 Å². The molecule has 0 fully saturated rings. The van der Waals surface area contributed by atoms with Crippen molar-refractivity contribution in [2.45, 2.75) is 5.16 Å². The van der Waals surface area contributed by atoms with Crippen LogP contribution in [-0.2, 0) is 4.79 Å². The van der Waals surface area contributed by atoms with Crippen molar-refractivity contribution in [3.8, 4) is 17.1 Å². The van der Waals surface area contributed by atoms with Crippen LogP contribution in [0.3, 0.4) is 0 Å². The second kappa shape index (κ2) is 11.3. The highest BCUT2D eigenvalue weighted by Gasteiger charge is 2.17. The van der Waals surface area contributed by atoms with Crippen LogP contribution in [0.1, 0.15) is 5.56 Å². The molecule has 4 rings (SSSR count). The number of halogens is 2. The Morgan fingerprint density at radius 3 is 2.60 bits per heavy atom. The molecule has 1 N–H and O–H groups in total. The zero-order valence-corrected chi connectivity index (χ0v) is 21.0. The first-order chi connectivity index (χ1) is 16.9. The molecule has 0 bridgehead atoms. The number of nitro groups is 1. The molecular weight excluding hydrogens is 556 g/mol. The summed E-state index contributed by atoms with van der Waals surface area (Å²) in [5.74, 6) is 0.307. The number of aromatic nitrogens is 3. The van der Waals surface area contributed by atoms with Crippen molar-refractivity contribution in [3.05, 3.63) is 98.0 Å². The summed E-state index contributed by atoms with van der Waals surface area (Å²) in [6.45, 7) is 0. The van der Waals surface area contributed by atoms with E-state index < -0.39 is 4.92 Å². The molecule has 3 aromatic carbocycles. The van der Waals surface area contributed by atoms with Gasteiger partial charge in [-0.15, -0.1) is 10.2 Å². The predicted molar refractivity (Wildman–Crippen MR) is 139 cm³/mol. The smallest absolute Gasteiger partial charge is 0.272 e. The number of nitrogens with zero attached hydrogens (tertiary/aromatic N) is 5. The number of thioether (sulfide) groups is 1. The minimum absolute atomic E-state index is 0.0253. The molecule has 1 heterocycles. The fourth-order valence-corrected chi connectivity index (χ4v) is 4.25. The van der Waals surface area contributed by atoms with Crippen LogP contribution in [0, 0.1) is 10.1 Å². The summed E-state index contributed by atoms with van der Waals surface area (Å²) < 4.78 is 2.82. The maximum Gasteiger partial charge on any atom is 0.288 e. The Kier molecular flexibility index (Phi) is 7.91. The number of hydrazone groups is 1. The molecule has 0 radical (unpaired) electrons. The van der Waals surface area contributed by atoms with E-state index in [9.17, 15) is 14.9 Å². The van der Waals surface area contributed by atoms with Gasteiger partial charge in [-0.1, -0.05) is 75.7 Å². The van der Waals surface area contributed by atoms with Crippen molar-refractivity contribution in [1.82, 2.24) is 20.2 Å². The molecule has 4 aromatic rings. The normalized spacial score (nSPS) is 11.0. The van der Waals surface area contributed by atoms with E-state index >= 15 is 0 Å². The lowest BCUT2D eigenvalue weighted by Gasteiger charge is -2.10. The Bertz CT molecular complexity index is 1400. The first-order valence-corrected chi connectivity index (χ1v) is 12.2. The maximum absolute atomic E-state index is 12.4. The molecule has 35 heavy (non-hydrogen) atoms. The van der Waals surface area contributed by atoms with E-state index in [4.69, 9.17) is 11.6 Å². The summed E-state index contributed by atoms with van der Waals surface area (Å²) in [5.41, 5.74) is 4.34. The lowest BCUT2D eigenvalue weighted by Crippen LogP contribution is -2.20. The number of amides is 1. The van der Waals surface area contributed by atoms with Crippen LogP contribution in [0.4, 0.5) is 5.69 Å². The number of carbonyl (C=O) groups is 1. The minimum atomic E-state index is -0.583. The van der Waals surface area contributed by atoms with Gasteiger partial charge in [0, 0.05) is 27.4 Å². The maximum atomic E-state index is 12.4. The minimum Gasteiger partial charge on any atom is -0.272 e. The van der Waals surface area contributed by atoms with Gasteiger partial charge < -0.3 is 0 Å². The van der Waals surface area contributed by atoms with Gasteiger partial charge in [0.1, 0.15) is 5.02 Å². The number of hydrogen-bond acceptors (Lipinski definition) is 7. The Hall–Kier alpha value is -3.54.